The molecule has 0 aromatic carbocycles. The normalized spacial score (nSPS) is 47.4. The van der Waals surface area contributed by atoms with Crippen molar-refractivity contribution in [2.24, 2.45) is 46.8 Å². The van der Waals surface area contributed by atoms with Crippen LogP contribution in [0.4, 0.5) is 0 Å². The zero-order valence-electron chi connectivity index (χ0n) is 17.6. The van der Waals surface area contributed by atoms with Gasteiger partial charge in [0.15, 0.2) is 0 Å². The lowest BCUT2D eigenvalue weighted by atomic mass is 9.49. The molecule has 0 amide bonds. The number of methoxy groups -OCH3 is 1. The molecule has 2 N–H and O–H groups in total. The van der Waals surface area contributed by atoms with E-state index in [1.165, 1.54) is 32.1 Å². The van der Waals surface area contributed by atoms with E-state index in [2.05, 4.69) is 13.8 Å². The topological polar surface area (TPSA) is 40.7 Å². The number of hydrogen-bond acceptors (Lipinski definition) is 1. The maximum absolute atomic E-state index is 5.33. The lowest BCUT2D eigenvalue weighted by molar-refractivity contribution is -0.0694. The van der Waals surface area contributed by atoms with E-state index in [9.17, 15) is 0 Å². The van der Waals surface area contributed by atoms with Gasteiger partial charge in [0, 0.05) is 13.7 Å². The summed E-state index contributed by atoms with van der Waals surface area (Å²) >= 11 is 0. The van der Waals surface area contributed by atoms with Gasteiger partial charge in [0.25, 0.3) is 0 Å². The third-order valence-corrected chi connectivity index (χ3v) is 9.74. The first-order valence-corrected chi connectivity index (χ1v) is 11.7. The fourth-order valence-electron chi connectivity index (χ4n) is 8.38. The van der Waals surface area contributed by atoms with Crippen molar-refractivity contribution in [1.29, 1.82) is 0 Å². The maximum Gasteiger partial charge on any atom is 0.0462 e. The molecule has 4 fully saturated rings. The van der Waals surface area contributed by atoms with Gasteiger partial charge in [-0.05, 0) is 111 Å². The Morgan fingerprint density at radius 3 is 2.50 bits per heavy atom. The second-order valence-electron chi connectivity index (χ2n) is 10.5. The fourth-order valence-corrected chi connectivity index (χ4v) is 8.38. The summed E-state index contributed by atoms with van der Waals surface area (Å²) in [7, 11) is 1.86. The molecule has 2 nitrogen and oxygen atoms in total. The smallest absolute Gasteiger partial charge is 0.0462 e. The number of hydrogen-bond donors (Lipinski definition) is 0. The SMILES string of the molecule is CCC1CCC2C(CCC3C2CCC2(C)C(CCCOC)CCC32)C1.O. The first-order chi connectivity index (χ1) is 12.2. The highest BCUT2D eigenvalue weighted by Crippen LogP contribution is 2.65. The van der Waals surface area contributed by atoms with Gasteiger partial charge in [-0.3, -0.25) is 0 Å². The Balaban J connectivity index is 0.00000196. The summed E-state index contributed by atoms with van der Waals surface area (Å²) < 4.78 is 5.33. The van der Waals surface area contributed by atoms with Crippen LogP contribution < -0.4 is 0 Å². The molecule has 152 valence electrons. The van der Waals surface area contributed by atoms with Gasteiger partial charge in [0.2, 0.25) is 0 Å². The Kier molecular flexibility index (Phi) is 6.76. The number of fused-ring (bicyclic) bond motifs is 5. The summed E-state index contributed by atoms with van der Waals surface area (Å²) in [6.45, 7) is 6.08. The lowest BCUT2D eigenvalue weighted by Crippen LogP contribution is -2.48. The van der Waals surface area contributed by atoms with E-state index in [4.69, 9.17) is 4.74 Å². The molecule has 2 heteroatoms. The molecular weight excluding hydrogens is 320 g/mol. The minimum atomic E-state index is 0. The summed E-state index contributed by atoms with van der Waals surface area (Å²) in [5.74, 6) is 7.51. The van der Waals surface area contributed by atoms with E-state index in [1.807, 2.05) is 7.11 Å². The van der Waals surface area contributed by atoms with Crippen LogP contribution in [0.2, 0.25) is 0 Å². The Hall–Kier alpha value is -0.0800. The van der Waals surface area contributed by atoms with Gasteiger partial charge < -0.3 is 10.2 Å². The molecule has 4 saturated carbocycles. The fraction of sp³-hybridized carbons (Fsp3) is 1.00. The second-order valence-corrected chi connectivity index (χ2v) is 10.5. The van der Waals surface area contributed by atoms with Gasteiger partial charge in [-0.2, -0.15) is 0 Å². The van der Waals surface area contributed by atoms with E-state index in [0.29, 0.717) is 5.41 Å². The first kappa shape index (κ1) is 20.6. The van der Waals surface area contributed by atoms with E-state index in [1.54, 1.807) is 44.9 Å². The monoisotopic (exact) mass is 364 g/mol. The maximum atomic E-state index is 5.33. The molecular formula is C24H44O2. The Morgan fingerprint density at radius 2 is 1.73 bits per heavy atom. The van der Waals surface area contributed by atoms with Crippen molar-refractivity contribution >= 4 is 0 Å². The molecule has 4 aliphatic carbocycles. The summed E-state index contributed by atoms with van der Waals surface area (Å²) in [6.07, 6.45) is 18.1. The zero-order valence-corrected chi connectivity index (χ0v) is 17.6. The van der Waals surface area contributed by atoms with Gasteiger partial charge in [-0.25, -0.2) is 0 Å². The van der Waals surface area contributed by atoms with Crippen molar-refractivity contribution in [3.8, 4) is 0 Å². The minimum absolute atomic E-state index is 0. The van der Waals surface area contributed by atoms with E-state index in [0.717, 1.165) is 48.0 Å². The van der Waals surface area contributed by atoms with Crippen LogP contribution in [0.1, 0.15) is 90.9 Å². The van der Waals surface area contributed by atoms with Crippen LogP contribution in [-0.4, -0.2) is 19.2 Å². The van der Waals surface area contributed by atoms with Crippen molar-refractivity contribution in [3.63, 3.8) is 0 Å². The molecule has 0 spiro atoms. The molecule has 0 aliphatic heterocycles. The molecule has 0 bridgehead atoms. The van der Waals surface area contributed by atoms with Gasteiger partial charge in [0.05, 0.1) is 0 Å². The van der Waals surface area contributed by atoms with Crippen LogP contribution in [0.3, 0.4) is 0 Å². The highest BCUT2D eigenvalue weighted by molar-refractivity contribution is 5.05. The van der Waals surface area contributed by atoms with Crippen LogP contribution in [-0.2, 0) is 4.74 Å². The Labute approximate surface area is 162 Å². The van der Waals surface area contributed by atoms with Gasteiger partial charge in [-0.1, -0.05) is 26.7 Å². The van der Waals surface area contributed by atoms with Gasteiger partial charge >= 0.3 is 0 Å². The molecule has 0 radical (unpaired) electrons. The predicted molar refractivity (Wildman–Crippen MR) is 109 cm³/mol. The average Bonchev–Trinajstić information content (AvgIpc) is 2.98. The third kappa shape index (κ3) is 3.50. The Bertz CT molecular complexity index is 449. The van der Waals surface area contributed by atoms with Gasteiger partial charge in [0.1, 0.15) is 0 Å². The van der Waals surface area contributed by atoms with E-state index in [-0.39, 0.29) is 5.48 Å². The molecule has 8 atom stereocenters. The van der Waals surface area contributed by atoms with Crippen molar-refractivity contribution in [2.45, 2.75) is 90.9 Å². The summed E-state index contributed by atoms with van der Waals surface area (Å²) in [6, 6.07) is 0. The quantitative estimate of drug-likeness (QED) is 0.561. The third-order valence-electron chi connectivity index (χ3n) is 9.74. The largest absolute Gasteiger partial charge is 0.412 e. The molecule has 0 heterocycles. The minimum Gasteiger partial charge on any atom is -0.412 e. The highest BCUT2D eigenvalue weighted by Gasteiger charge is 2.56. The second kappa shape index (κ2) is 8.52. The van der Waals surface area contributed by atoms with E-state index < -0.39 is 0 Å². The number of ether oxygens (including phenoxy) is 1. The zero-order chi connectivity index (χ0) is 17.4. The van der Waals surface area contributed by atoms with Crippen LogP contribution in [0.15, 0.2) is 0 Å². The van der Waals surface area contributed by atoms with Crippen LogP contribution >= 0.6 is 0 Å². The standard InChI is InChI=1S/C24H42O.H2O/c1-4-17-7-10-20-18(16-17)8-11-22-21(20)13-14-24(2)19(6-5-15-25-3)9-12-23(22)24;/h17-23H,4-16H2,1-3H3;1H2. The molecule has 8 unspecified atom stereocenters. The van der Waals surface area contributed by atoms with Crippen molar-refractivity contribution in [3.05, 3.63) is 0 Å². The number of rotatable bonds is 5. The molecule has 26 heavy (non-hydrogen) atoms. The van der Waals surface area contributed by atoms with Gasteiger partial charge in [-0.15, -0.1) is 0 Å². The van der Waals surface area contributed by atoms with Crippen molar-refractivity contribution < 1.29 is 10.2 Å². The highest BCUT2D eigenvalue weighted by atomic mass is 16.5. The molecule has 0 saturated heterocycles. The van der Waals surface area contributed by atoms with Crippen LogP contribution in [0, 0.1) is 46.8 Å². The van der Waals surface area contributed by atoms with Crippen LogP contribution in [0.25, 0.3) is 0 Å². The van der Waals surface area contributed by atoms with Crippen LogP contribution in [0.5, 0.6) is 0 Å². The van der Waals surface area contributed by atoms with E-state index >= 15 is 0 Å². The lowest BCUT2D eigenvalue weighted by Gasteiger charge is -2.56. The molecule has 0 aromatic rings. The predicted octanol–water partition coefficient (Wildman–Crippen LogP) is 5.88. The van der Waals surface area contributed by atoms with Crippen molar-refractivity contribution in [1.82, 2.24) is 0 Å². The first-order valence-electron chi connectivity index (χ1n) is 11.7. The summed E-state index contributed by atoms with van der Waals surface area (Å²) in [5, 5.41) is 0. The summed E-state index contributed by atoms with van der Waals surface area (Å²) in [5.41, 5.74) is 0.669. The molecule has 4 rings (SSSR count). The van der Waals surface area contributed by atoms with Crippen molar-refractivity contribution in [2.75, 3.05) is 13.7 Å². The molecule has 4 aliphatic rings. The average molecular weight is 365 g/mol. The summed E-state index contributed by atoms with van der Waals surface area (Å²) in [4.78, 5) is 0. The molecule has 0 aromatic heterocycles. The Morgan fingerprint density at radius 1 is 0.923 bits per heavy atom.